The number of hydrogen-bond donors (Lipinski definition) is 1. The molecule has 3 aromatic carbocycles. The number of furan rings is 2. The fourth-order valence-corrected chi connectivity index (χ4v) is 4.15. The molecule has 5 aromatic rings. The van der Waals surface area contributed by atoms with Crippen LogP contribution in [0.1, 0.15) is 52.6 Å². The zero-order valence-electron chi connectivity index (χ0n) is 19.6. The van der Waals surface area contributed by atoms with Crippen molar-refractivity contribution >= 4 is 39.3 Å². The molecule has 0 spiro atoms. The number of halogens is 1. The number of ketones is 1. The molecule has 0 fully saturated rings. The van der Waals surface area contributed by atoms with Crippen molar-refractivity contribution in [2.24, 2.45) is 0 Å². The van der Waals surface area contributed by atoms with Gasteiger partial charge in [-0.3, -0.25) is 9.59 Å². The Hall–Kier alpha value is -4.19. The minimum absolute atomic E-state index is 0.0399. The van der Waals surface area contributed by atoms with Gasteiger partial charge in [-0.05, 0) is 54.3 Å². The second-order valence-corrected chi connectivity index (χ2v) is 8.99. The maximum Gasteiger partial charge on any atom is 0.230 e. The van der Waals surface area contributed by atoms with Gasteiger partial charge in [0.05, 0.1) is 18.4 Å². The molecule has 0 aliphatic rings. The smallest absolute Gasteiger partial charge is 0.230 e. The summed E-state index contributed by atoms with van der Waals surface area (Å²) in [6, 6.07) is 17.3. The van der Waals surface area contributed by atoms with Crippen LogP contribution >= 0.6 is 0 Å². The van der Waals surface area contributed by atoms with E-state index in [1.807, 2.05) is 18.2 Å². The van der Waals surface area contributed by atoms with Gasteiger partial charge in [-0.15, -0.1) is 0 Å². The highest BCUT2D eigenvalue weighted by molar-refractivity contribution is 6.17. The standard InChI is InChI=1S/C29H24FNO4/c1-16(2)18-10-11-24-22(12-18)20(15-34-24)14-26(32)31-27-21-6-4-5-7-25(21)35-29(27)28(33)19-9-8-17(3)23(30)13-19/h4-13,15-16H,14H2,1-3H3,(H,31,32). The lowest BCUT2D eigenvalue weighted by molar-refractivity contribution is -0.115. The Bertz CT molecular complexity index is 1590. The van der Waals surface area contributed by atoms with E-state index in [0.717, 1.165) is 16.5 Å². The third kappa shape index (κ3) is 4.23. The van der Waals surface area contributed by atoms with Crippen molar-refractivity contribution in [3.8, 4) is 0 Å². The average Bonchev–Trinajstić information content (AvgIpc) is 3.41. The zero-order chi connectivity index (χ0) is 24.7. The first-order chi connectivity index (χ1) is 16.8. The maximum atomic E-state index is 14.1. The van der Waals surface area contributed by atoms with Gasteiger partial charge in [-0.2, -0.15) is 0 Å². The highest BCUT2D eigenvalue weighted by atomic mass is 19.1. The molecular weight excluding hydrogens is 445 g/mol. The van der Waals surface area contributed by atoms with Crippen LogP contribution in [0.2, 0.25) is 0 Å². The lowest BCUT2D eigenvalue weighted by Gasteiger charge is -2.07. The van der Waals surface area contributed by atoms with Crippen molar-refractivity contribution in [3.63, 3.8) is 0 Å². The van der Waals surface area contributed by atoms with Crippen LogP contribution in [0.4, 0.5) is 10.1 Å². The van der Waals surface area contributed by atoms with Crippen LogP contribution in [-0.2, 0) is 11.2 Å². The van der Waals surface area contributed by atoms with Crippen molar-refractivity contribution in [1.82, 2.24) is 0 Å². The summed E-state index contributed by atoms with van der Waals surface area (Å²) in [7, 11) is 0. The van der Waals surface area contributed by atoms with Gasteiger partial charge < -0.3 is 14.2 Å². The minimum atomic E-state index is -0.509. The third-order valence-electron chi connectivity index (χ3n) is 6.20. The first kappa shape index (κ1) is 22.6. The molecule has 0 radical (unpaired) electrons. The maximum absolute atomic E-state index is 14.1. The third-order valence-corrected chi connectivity index (χ3v) is 6.20. The molecule has 0 aliphatic heterocycles. The van der Waals surface area contributed by atoms with Crippen LogP contribution in [0.25, 0.3) is 21.9 Å². The van der Waals surface area contributed by atoms with Crippen LogP contribution in [0, 0.1) is 12.7 Å². The van der Waals surface area contributed by atoms with Crippen LogP contribution in [-0.4, -0.2) is 11.7 Å². The van der Waals surface area contributed by atoms with Crippen molar-refractivity contribution in [1.29, 1.82) is 0 Å². The van der Waals surface area contributed by atoms with Crippen LogP contribution in [0.3, 0.4) is 0 Å². The molecule has 0 aliphatic carbocycles. The van der Waals surface area contributed by atoms with Crippen molar-refractivity contribution in [2.45, 2.75) is 33.1 Å². The van der Waals surface area contributed by atoms with Gasteiger partial charge in [-0.1, -0.05) is 44.2 Å². The molecule has 2 aromatic heterocycles. The largest absolute Gasteiger partial charge is 0.464 e. The number of para-hydroxylation sites is 1. The van der Waals surface area contributed by atoms with Gasteiger partial charge in [0.1, 0.15) is 17.0 Å². The molecule has 2 heterocycles. The number of carbonyl (C=O) groups is 2. The molecule has 0 bridgehead atoms. The molecule has 1 amide bonds. The lowest BCUT2D eigenvalue weighted by atomic mass is 10.00. The second-order valence-electron chi connectivity index (χ2n) is 8.99. The fourth-order valence-electron chi connectivity index (χ4n) is 4.15. The molecule has 176 valence electrons. The Morgan fingerprint density at radius 2 is 1.77 bits per heavy atom. The van der Waals surface area contributed by atoms with E-state index in [1.54, 1.807) is 49.6 Å². The monoisotopic (exact) mass is 469 g/mol. The van der Waals surface area contributed by atoms with E-state index >= 15 is 0 Å². The Morgan fingerprint density at radius 1 is 0.971 bits per heavy atom. The number of carbonyl (C=O) groups excluding carboxylic acids is 2. The number of nitrogens with one attached hydrogen (secondary N) is 1. The molecule has 0 saturated carbocycles. The number of benzene rings is 3. The predicted molar refractivity (Wildman–Crippen MR) is 133 cm³/mol. The van der Waals surface area contributed by atoms with E-state index in [2.05, 4.69) is 19.2 Å². The van der Waals surface area contributed by atoms with Crippen molar-refractivity contribution in [2.75, 3.05) is 5.32 Å². The van der Waals surface area contributed by atoms with Gasteiger partial charge in [0.25, 0.3) is 0 Å². The first-order valence-electron chi connectivity index (χ1n) is 11.4. The lowest BCUT2D eigenvalue weighted by Crippen LogP contribution is -2.16. The van der Waals surface area contributed by atoms with E-state index in [1.165, 1.54) is 6.07 Å². The van der Waals surface area contributed by atoms with Crippen molar-refractivity contribution < 1.29 is 22.8 Å². The summed E-state index contributed by atoms with van der Waals surface area (Å²) < 4.78 is 25.6. The van der Waals surface area contributed by atoms with Gasteiger partial charge in [0, 0.05) is 21.9 Å². The van der Waals surface area contributed by atoms with E-state index in [0.29, 0.717) is 28.0 Å². The SMILES string of the molecule is Cc1ccc(C(=O)c2oc3ccccc3c2NC(=O)Cc2coc3ccc(C(C)C)cc23)cc1F. The minimum Gasteiger partial charge on any atom is -0.464 e. The van der Waals surface area contributed by atoms with Gasteiger partial charge in [0.15, 0.2) is 5.76 Å². The molecule has 1 N–H and O–H groups in total. The van der Waals surface area contributed by atoms with Crippen LogP contribution in [0.15, 0.2) is 75.8 Å². The fraction of sp³-hybridized carbons (Fsp3) is 0.172. The van der Waals surface area contributed by atoms with E-state index in [9.17, 15) is 14.0 Å². The number of anilines is 1. The molecular formula is C29H24FNO4. The molecule has 5 rings (SSSR count). The predicted octanol–water partition coefficient (Wildman–Crippen LogP) is 7.16. The van der Waals surface area contributed by atoms with E-state index in [-0.39, 0.29) is 29.3 Å². The van der Waals surface area contributed by atoms with Crippen LogP contribution in [0.5, 0.6) is 0 Å². The number of rotatable bonds is 6. The summed E-state index contributed by atoms with van der Waals surface area (Å²) in [5, 5.41) is 4.34. The quantitative estimate of drug-likeness (QED) is 0.268. The Labute approximate surface area is 201 Å². The molecule has 35 heavy (non-hydrogen) atoms. The summed E-state index contributed by atoms with van der Waals surface area (Å²) in [5.74, 6) is -1.01. The molecule has 0 atom stereocenters. The number of hydrogen-bond acceptors (Lipinski definition) is 4. The highest BCUT2D eigenvalue weighted by Gasteiger charge is 2.24. The number of fused-ring (bicyclic) bond motifs is 2. The highest BCUT2D eigenvalue weighted by Crippen LogP contribution is 2.33. The summed E-state index contributed by atoms with van der Waals surface area (Å²) >= 11 is 0. The summed E-state index contributed by atoms with van der Waals surface area (Å²) in [6.45, 7) is 5.84. The first-order valence-corrected chi connectivity index (χ1v) is 11.4. The average molecular weight is 470 g/mol. The molecule has 0 unspecified atom stereocenters. The molecule has 5 nitrogen and oxygen atoms in total. The van der Waals surface area contributed by atoms with Crippen molar-refractivity contribution in [3.05, 3.63) is 101 Å². The Balaban J connectivity index is 1.49. The summed E-state index contributed by atoms with van der Waals surface area (Å²) in [5.41, 5.74) is 3.92. The second kappa shape index (κ2) is 8.87. The van der Waals surface area contributed by atoms with Gasteiger partial charge >= 0.3 is 0 Å². The Morgan fingerprint density at radius 3 is 2.54 bits per heavy atom. The van der Waals surface area contributed by atoms with Gasteiger partial charge in [-0.25, -0.2) is 4.39 Å². The summed E-state index contributed by atoms with van der Waals surface area (Å²) in [6.07, 6.45) is 1.64. The molecule has 6 heteroatoms. The van der Waals surface area contributed by atoms with E-state index < -0.39 is 11.6 Å². The van der Waals surface area contributed by atoms with Crippen LogP contribution < -0.4 is 5.32 Å². The number of aryl methyl sites for hydroxylation is 1. The molecule has 0 saturated heterocycles. The number of amides is 1. The normalized spacial score (nSPS) is 11.5. The summed E-state index contributed by atoms with van der Waals surface area (Å²) in [4.78, 5) is 26.4. The van der Waals surface area contributed by atoms with Gasteiger partial charge in [0.2, 0.25) is 11.7 Å². The Kier molecular flexibility index (Phi) is 5.73. The zero-order valence-corrected chi connectivity index (χ0v) is 19.6. The topological polar surface area (TPSA) is 72.5 Å². The van der Waals surface area contributed by atoms with E-state index in [4.69, 9.17) is 8.83 Å².